The van der Waals surface area contributed by atoms with Crippen molar-refractivity contribution in [2.24, 2.45) is 11.5 Å². The van der Waals surface area contributed by atoms with Crippen molar-refractivity contribution in [2.45, 2.75) is 24.8 Å². The summed E-state index contributed by atoms with van der Waals surface area (Å²) < 4.78 is 0. The highest BCUT2D eigenvalue weighted by atomic mass is 35.5. The van der Waals surface area contributed by atoms with Crippen LogP contribution in [0.2, 0.25) is 10.0 Å². The highest BCUT2D eigenvalue weighted by molar-refractivity contribution is 6.43. The van der Waals surface area contributed by atoms with Gasteiger partial charge in [-0.15, -0.1) is 0 Å². The second-order valence-corrected chi connectivity index (χ2v) is 9.31. The first-order chi connectivity index (χ1) is 16.3. The molecule has 0 bridgehead atoms. The lowest BCUT2D eigenvalue weighted by molar-refractivity contribution is 0.0997. The molecule has 0 atom stereocenters. The molecule has 1 aromatic carbocycles. The average molecular weight is 497 g/mol. The molecule has 1 aliphatic heterocycles. The molecule has 34 heavy (non-hydrogen) atoms. The summed E-state index contributed by atoms with van der Waals surface area (Å²) >= 11 is 12.6. The van der Waals surface area contributed by atoms with Gasteiger partial charge in [0.2, 0.25) is 5.95 Å². The van der Waals surface area contributed by atoms with E-state index in [-0.39, 0.29) is 11.2 Å². The molecule has 174 valence electrons. The van der Waals surface area contributed by atoms with Gasteiger partial charge < -0.3 is 16.4 Å². The van der Waals surface area contributed by atoms with Crippen LogP contribution in [0, 0.1) is 0 Å². The number of amides is 1. The number of fused-ring (bicyclic) bond motifs is 1. The topological polar surface area (TPSA) is 140 Å². The zero-order chi connectivity index (χ0) is 23.9. The molecule has 5 rings (SSSR count). The Balaban J connectivity index is 1.45. The third-order valence-corrected chi connectivity index (χ3v) is 7.00. The molecule has 1 saturated heterocycles. The van der Waals surface area contributed by atoms with E-state index >= 15 is 0 Å². The molecule has 1 fully saturated rings. The highest BCUT2D eigenvalue weighted by Crippen LogP contribution is 2.37. The minimum absolute atomic E-state index is 0.0692. The number of hydrogen-bond acceptors (Lipinski definition) is 7. The Morgan fingerprint density at radius 2 is 1.94 bits per heavy atom. The van der Waals surface area contributed by atoms with Gasteiger partial charge in [0.1, 0.15) is 5.69 Å². The Labute approximate surface area is 205 Å². The second-order valence-electron chi connectivity index (χ2n) is 8.52. The van der Waals surface area contributed by atoms with Crippen LogP contribution < -0.4 is 16.4 Å². The minimum Gasteiger partial charge on any atom is -0.364 e. The van der Waals surface area contributed by atoms with Crippen molar-refractivity contribution in [3.05, 3.63) is 64.0 Å². The summed E-state index contributed by atoms with van der Waals surface area (Å²) in [5.74, 6) is -0.295. The molecule has 3 aromatic heterocycles. The van der Waals surface area contributed by atoms with Gasteiger partial charge in [-0.25, -0.2) is 4.98 Å². The number of rotatable bonds is 5. The Kier molecular flexibility index (Phi) is 5.85. The quantitative estimate of drug-likeness (QED) is 0.384. The standard InChI is InChI=1S/C23H22Cl2N8O/c24-15-5-1-4-14(17(15)25)18-16-19(20(26)34)29-22(30-21(16)32-31-18)33-9-6-23(27,7-10-33)11-13-3-2-8-28-12-13/h1-5,8,12H,6-7,9-11,27H2,(H2,26,34)(H,29,30,31,32). The van der Waals surface area contributed by atoms with Crippen molar-refractivity contribution >= 4 is 46.1 Å². The number of carbonyl (C=O) groups is 1. The number of benzene rings is 1. The van der Waals surface area contributed by atoms with E-state index in [9.17, 15) is 4.79 Å². The summed E-state index contributed by atoms with van der Waals surface area (Å²) in [5, 5.41) is 8.34. The molecule has 9 nitrogen and oxygen atoms in total. The lowest BCUT2D eigenvalue weighted by Gasteiger charge is -2.39. The molecule has 0 aliphatic carbocycles. The monoisotopic (exact) mass is 496 g/mol. The summed E-state index contributed by atoms with van der Waals surface area (Å²) in [6, 6.07) is 9.15. The number of piperidine rings is 1. The highest BCUT2D eigenvalue weighted by Gasteiger charge is 2.33. The van der Waals surface area contributed by atoms with Crippen LogP contribution in [0.4, 0.5) is 5.95 Å². The number of anilines is 1. The molecular formula is C23H22Cl2N8O. The summed E-state index contributed by atoms with van der Waals surface area (Å²) in [4.78, 5) is 27.7. The number of nitrogens with one attached hydrogen (secondary N) is 1. The molecule has 11 heteroatoms. The van der Waals surface area contributed by atoms with E-state index in [4.69, 9.17) is 34.7 Å². The maximum Gasteiger partial charge on any atom is 0.268 e. The fourth-order valence-electron chi connectivity index (χ4n) is 4.36. The molecule has 0 radical (unpaired) electrons. The van der Waals surface area contributed by atoms with Crippen LogP contribution in [0.25, 0.3) is 22.3 Å². The van der Waals surface area contributed by atoms with Gasteiger partial charge in [-0.2, -0.15) is 10.1 Å². The molecule has 0 unspecified atom stereocenters. The van der Waals surface area contributed by atoms with E-state index in [1.165, 1.54) is 0 Å². The molecule has 4 heterocycles. The van der Waals surface area contributed by atoms with Gasteiger partial charge in [0.25, 0.3) is 5.91 Å². The Hall–Kier alpha value is -3.27. The average Bonchev–Trinajstić information content (AvgIpc) is 3.25. The van der Waals surface area contributed by atoms with Crippen molar-refractivity contribution < 1.29 is 4.79 Å². The third kappa shape index (κ3) is 4.18. The van der Waals surface area contributed by atoms with Gasteiger partial charge in [0, 0.05) is 36.6 Å². The van der Waals surface area contributed by atoms with E-state index < -0.39 is 5.91 Å². The van der Waals surface area contributed by atoms with Crippen molar-refractivity contribution in [3.8, 4) is 11.3 Å². The zero-order valence-corrected chi connectivity index (χ0v) is 19.6. The van der Waals surface area contributed by atoms with Gasteiger partial charge in [0.15, 0.2) is 5.65 Å². The Morgan fingerprint density at radius 1 is 1.15 bits per heavy atom. The first-order valence-corrected chi connectivity index (χ1v) is 11.5. The first-order valence-electron chi connectivity index (χ1n) is 10.8. The molecule has 4 aromatic rings. The normalized spacial score (nSPS) is 15.6. The summed E-state index contributed by atoms with van der Waals surface area (Å²) in [5.41, 5.74) is 14.6. The number of hydrogen-bond donors (Lipinski definition) is 3. The van der Waals surface area contributed by atoms with Crippen LogP contribution in [0.3, 0.4) is 0 Å². The molecule has 5 N–H and O–H groups in total. The van der Waals surface area contributed by atoms with E-state index in [0.717, 1.165) is 24.8 Å². The lowest BCUT2D eigenvalue weighted by atomic mass is 9.83. The van der Waals surface area contributed by atoms with Crippen LogP contribution in [0.5, 0.6) is 0 Å². The number of nitrogens with zero attached hydrogens (tertiary/aromatic N) is 5. The Morgan fingerprint density at radius 3 is 2.65 bits per heavy atom. The lowest BCUT2D eigenvalue weighted by Crippen LogP contribution is -2.52. The van der Waals surface area contributed by atoms with Crippen LogP contribution in [0.15, 0.2) is 42.7 Å². The molecule has 0 spiro atoms. The summed E-state index contributed by atoms with van der Waals surface area (Å²) in [6.45, 7) is 1.27. The van der Waals surface area contributed by atoms with Gasteiger partial charge in [-0.3, -0.25) is 14.9 Å². The number of primary amides is 1. The van der Waals surface area contributed by atoms with Crippen LogP contribution in [-0.2, 0) is 6.42 Å². The van der Waals surface area contributed by atoms with Gasteiger partial charge >= 0.3 is 0 Å². The van der Waals surface area contributed by atoms with Gasteiger partial charge in [-0.1, -0.05) is 41.4 Å². The number of aromatic nitrogens is 5. The number of carbonyl (C=O) groups excluding carboxylic acids is 1. The van der Waals surface area contributed by atoms with Crippen molar-refractivity contribution in [1.29, 1.82) is 0 Å². The predicted octanol–water partition coefficient (Wildman–Crippen LogP) is 3.36. The number of pyridine rings is 1. The van der Waals surface area contributed by atoms with Crippen molar-refractivity contribution in [3.63, 3.8) is 0 Å². The fraction of sp³-hybridized carbons (Fsp3) is 0.261. The number of H-pyrrole nitrogens is 1. The summed E-state index contributed by atoms with van der Waals surface area (Å²) in [7, 11) is 0. The molecule has 1 aliphatic rings. The maximum absolute atomic E-state index is 12.4. The Bertz CT molecular complexity index is 1370. The number of aromatic amines is 1. The summed E-state index contributed by atoms with van der Waals surface area (Å²) in [6.07, 6.45) is 5.81. The third-order valence-electron chi connectivity index (χ3n) is 6.18. The molecule has 1 amide bonds. The smallest absolute Gasteiger partial charge is 0.268 e. The maximum atomic E-state index is 12.4. The van der Waals surface area contributed by atoms with Gasteiger partial charge in [-0.05, 0) is 37.0 Å². The SMILES string of the molecule is NC(=O)c1nc(N2CCC(N)(Cc3cccnc3)CC2)nc2n[nH]c(-c3cccc(Cl)c3Cl)c12. The zero-order valence-electron chi connectivity index (χ0n) is 18.1. The van der Waals surface area contributed by atoms with Crippen LogP contribution in [0.1, 0.15) is 28.9 Å². The largest absolute Gasteiger partial charge is 0.364 e. The molecular weight excluding hydrogens is 475 g/mol. The second kappa shape index (κ2) is 8.83. The van der Waals surface area contributed by atoms with E-state index in [1.807, 2.05) is 23.2 Å². The van der Waals surface area contributed by atoms with Crippen molar-refractivity contribution in [2.75, 3.05) is 18.0 Å². The van der Waals surface area contributed by atoms with E-state index in [1.54, 1.807) is 24.4 Å². The minimum atomic E-state index is -0.684. The number of nitrogens with two attached hydrogens (primary N) is 2. The molecule has 0 saturated carbocycles. The number of halogens is 2. The van der Waals surface area contributed by atoms with Crippen molar-refractivity contribution in [1.82, 2.24) is 25.1 Å². The van der Waals surface area contributed by atoms with Gasteiger partial charge in [0.05, 0.1) is 21.1 Å². The van der Waals surface area contributed by atoms with E-state index in [0.29, 0.717) is 51.4 Å². The van der Waals surface area contributed by atoms with Crippen LogP contribution in [-0.4, -0.2) is 49.7 Å². The first kappa shape index (κ1) is 22.5. The van der Waals surface area contributed by atoms with Crippen LogP contribution >= 0.6 is 23.2 Å². The fourth-order valence-corrected chi connectivity index (χ4v) is 4.76. The van der Waals surface area contributed by atoms with E-state index in [2.05, 4.69) is 25.1 Å². The predicted molar refractivity (Wildman–Crippen MR) is 132 cm³/mol.